The molecule has 0 saturated heterocycles. The number of amides is 1. The highest BCUT2D eigenvalue weighted by atomic mass is 32.2. The van der Waals surface area contributed by atoms with Gasteiger partial charge in [0.2, 0.25) is 15.9 Å². The number of sulfonamides is 1. The van der Waals surface area contributed by atoms with E-state index in [1.165, 1.54) is 10.6 Å². The molecule has 3 rings (SSSR count). The van der Waals surface area contributed by atoms with Gasteiger partial charge >= 0.3 is 0 Å². The summed E-state index contributed by atoms with van der Waals surface area (Å²) in [6.45, 7) is 1.22. The fourth-order valence-electron chi connectivity index (χ4n) is 3.51. The molecule has 0 atom stereocenters. The van der Waals surface area contributed by atoms with Gasteiger partial charge in [0.15, 0.2) is 0 Å². The lowest BCUT2D eigenvalue weighted by Gasteiger charge is -2.40. The molecular formula is C17H25N3O3S. The molecule has 1 fully saturated rings. The van der Waals surface area contributed by atoms with E-state index in [9.17, 15) is 13.2 Å². The zero-order valence-corrected chi connectivity index (χ0v) is 15.3. The lowest BCUT2D eigenvalue weighted by molar-refractivity contribution is -0.140. The Kier molecular flexibility index (Phi) is 4.57. The Labute approximate surface area is 144 Å². The highest BCUT2D eigenvalue weighted by Crippen LogP contribution is 2.34. The number of anilines is 1. The number of hydrogen-bond acceptors (Lipinski definition) is 4. The van der Waals surface area contributed by atoms with Crippen LogP contribution in [0, 0.1) is 5.92 Å². The number of carbonyl (C=O) groups excluding carboxylic acids is 1. The lowest BCUT2D eigenvalue weighted by atomic mass is 9.78. The predicted molar refractivity (Wildman–Crippen MR) is 94.2 cm³/mol. The molecular weight excluding hydrogens is 326 g/mol. The van der Waals surface area contributed by atoms with E-state index in [-0.39, 0.29) is 11.8 Å². The maximum atomic E-state index is 12.8. The SMILES string of the molecule is CN(C)C1CC(C(=O)N2CCN(S(C)(=O)=O)c3ccccc3C2)C1. The molecule has 0 bridgehead atoms. The summed E-state index contributed by atoms with van der Waals surface area (Å²) in [6, 6.07) is 7.92. The average molecular weight is 351 g/mol. The summed E-state index contributed by atoms with van der Waals surface area (Å²) in [7, 11) is 0.724. The third kappa shape index (κ3) is 3.28. The largest absolute Gasteiger partial charge is 0.336 e. The zero-order chi connectivity index (χ0) is 17.5. The third-order valence-corrected chi connectivity index (χ3v) is 6.28. The van der Waals surface area contributed by atoms with Crippen LogP contribution in [0.2, 0.25) is 0 Å². The second kappa shape index (κ2) is 6.37. The van der Waals surface area contributed by atoms with E-state index in [2.05, 4.69) is 4.90 Å². The quantitative estimate of drug-likeness (QED) is 0.819. The number of benzene rings is 1. The van der Waals surface area contributed by atoms with Crippen LogP contribution in [0.25, 0.3) is 0 Å². The van der Waals surface area contributed by atoms with Crippen molar-refractivity contribution in [3.8, 4) is 0 Å². The highest BCUT2D eigenvalue weighted by molar-refractivity contribution is 7.92. The van der Waals surface area contributed by atoms with Gasteiger partial charge in [-0.1, -0.05) is 18.2 Å². The highest BCUT2D eigenvalue weighted by Gasteiger charge is 2.39. The van der Waals surface area contributed by atoms with Crippen molar-refractivity contribution >= 4 is 21.6 Å². The fourth-order valence-corrected chi connectivity index (χ4v) is 4.46. The van der Waals surface area contributed by atoms with Crippen LogP contribution in [-0.4, -0.2) is 63.6 Å². The fraction of sp³-hybridized carbons (Fsp3) is 0.588. The summed E-state index contributed by atoms with van der Waals surface area (Å²) in [6.07, 6.45) is 2.99. The first kappa shape index (κ1) is 17.2. The van der Waals surface area contributed by atoms with Crippen molar-refractivity contribution in [1.29, 1.82) is 0 Å². The smallest absolute Gasteiger partial charge is 0.232 e. The van der Waals surface area contributed by atoms with Gasteiger partial charge in [0, 0.05) is 25.0 Å². The summed E-state index contributed by atoms with van der Waals surface area (Å²) in [5.74, 6) is 0.215. The van der Waals surface area contributed by atoms with Gasteiger partial charge in [-0.2, -0.15) is 0 Å². The van der Waals surface area contributed by atoms with Crippen LogP contribution < -0.4 is 4.31 Å². The maximum absolute atomic E-state index is 12.8. The Bertz CT molecular complexity index is 726. The molecule has 24 heavy (non-hydrogen) atoms. The molecule has 1 heterocycles. The van der Waals surface area contributed by atoms with Crippen molar-refractivity contribution in [1.82, 2.24) is 9.80 Å². The van der Waals surface area contributed by atoms with Crippen LogP contribution in [-0.2, 0) is 21.4 Å². The van der Waals surface area contributed by atoms with E-state index in [1.807, 2.05) is 43.3 Å². The molecule has 1 aliphatic heterocycles. The van der Waals surface area contributed by atoms with Gasteiger partial charge in [0.05, 0.1) is 18.5 Å². The van der Waals surface area contributed by atoms with Crippen LogP contribution in [0.15, 0.2) is 24.3 Å². The van der Waals surface area contributed by atoms with Crippen LogP contribution in [0.5, 0.6) is 0 Å². The van der Waals surface area contributed by atoms with Crippen LogP contribution in [0.3, 0.4) is 0 Å². The van der Waals surface area contributed by atoms with Crippen molar-refractivity contribution in [2.45, 2.75) is 25.4 Å². The van der Waals surface area contributed by atoms with Gasteiger partial charge in [-0.05, 0) is 38.6 Å². The molecule has 132 valence electrons. The van der Waals surface area contributed by atoms with E-state index in [0.717, 1.165) is 18.4 Å². The van der Waals surface area contributed by atoms with E-state index >= 15 is 0 Å². The summed E-state index contributed by atoms with van der Waals surface area (Å²) in [4.78, 5) is 16.8. The third-order valence-electron chi connectivity index (χ3n) is 5.10. The minimum absolute atomic E-state index is 0.0642. The van der Waals surface area contributed by atoms with E-state index in [1.54, 1.807) is 0 Å². The summed E-state index contributed by atoms with van der Waals surface area (Å²) in [5, 5.41) is 0. The molecule has 0 spiro atoms. The summed E-state index contributed by atoms with van der Waals surface area (Å²) < 4.78 is 25.6. The van der Waals surface area contributed by atoms with Gasteiger partial charge < -0.3 is 9.80 Å². The Morgan fingerprint density at radius 3 is 2.46 bits per heavy atom. The lowest BCUT2D eigenvalue weighted by Crippen LogP contribution is -2.49. The number of carbonyl (C=O) groups is 1. The van der Waals surface area contributed by atoms with Gasteiger partial charge in [-0.15, -0.1) is 0 Å². The normalized spacial score (nSPS) is 24.3. The molecule has 2 aliphatic rings. The first-order valence-electron chi connectivity index (χ1n) is 8.28. The van der Waals surface area contributed by atoms with E-state index < -0.39 is 10.0 Å². The molecule has 1 aliphatic carbocycles. The average Bonchev–Trinajstić information content (AvgIpc) is 2.63. The molecule has 0 N–H and O–H groups in total. The van der Waals surface area contributed by atoms with Crippen molar-refractivity contribution in [2.24, 2.45) is 5.92 Å². The van der Waals surface area contributed by atoms with Gasteiger partial charge in [-0.3, -0.25) is 9.10 Å². The van der Waals surface area contributed by atoms with Crippen molar-refractivity contribution < 1.29 is 13.2 Å². The van der Waals surface area contributed by atoms with Crippen LogP contribution >= 0.6 is 0 Å². The molecule has 1 saturated carbocycles. The van der Waals surface area contributed by atoms with Crippen molar-refractivity contribution in [3.05, 3.63) is 29.8 Å². The number of nitrogens with zero attached hydrogens (tertiary/aromatic N) is 3. The number of para-hydroxylation sites is 1. The summed E-state index contributed by atoms with van der Waals surface area (Å²) in [5.41, 5.74) is 1.58. The van der Waals surface area contributed by atoms with Gasteiger partial charge in [-0.25, -0.2) is 8.42 Å². The first-order valence-corrected chi connectivity index (χ1v) is 10.1. The molecule has 0 unspecified atom stereocenters. The van der Waals surface area contributed by atoms with E-state index in [0.29, 0.717) is 31.4 Å². The maximum Gasteiger partial charge on any atom is 0.232 e. The minimum Gasteiger partial charge on any atom is -0.336 e. The summed E-state index contributed by atoms with van der Waals surface area (Å²) >= 11 is 0. The topological polar surface area (TPSA) is 60.9 Å². The minimum atomic E-state index is -3.35. The molecule has 1 aromatic rings. The predicted octanol–water partition coefficient (Wildman–Crippen LogP) is 1.14. The number of fused-ring (bicyclic) bond motifs is 1. The first-order chi connectivity index (χ1) is 11.3. The molecule has 0 aromatic heterocycles. The second-order valence-corrected chi connectivity index (χ2v) is 8.92. The van der Waals surface area contributed by atoms with Crippen molar-refractivity contribution in [2.75, 3.05) is 37.7 Å². The standard InChI is InChI=1S/C17H25N3O3S/c1-18(2)15-10-14(11-15)17(21)19-8-9-20(24(3,22)23)16-7-5-4-6-13(16)12-19/h4-7,14-15H,8-12H2,1-3H3. The molecule has 0 radical (unpaired) electrons. The molecule has 7 heteroatoms. The number of hydrogen-bond donors (Lipinski definition) is 0. The molecule has 1 aromatic carbocycles. The van der Waals surface area contributed by atoms with Gasteiger partial charge in [0.1, 0.15) is 0 Å². The van der Waals surface area contributed by atoms with Crippen molar-refractivity contribution in [3.63, 3.8) is 0 Å². The Hall–Kier alpha value is -1.60. The van der Waals surface area contributed by atoms with Crippen LogP contribution in [0.1, 0.15) is 18.4 Å². The Balaban J connectivity index is 1.79. The monoisotopic (exact) mass is 351 g/mol. The Morgan fingerprint density at radius 2 is 1.83 bits per heavy atom. The Morgan fingerprint density at radius 1 is 1.17 bits per heavy atom. The zero-order valence-electron chi connectivity index (χ0n) is 14.5. The van der Waals surface area contributed by atoms with E-state index in [4.69, 9.17) is 0 Å². The number of rotatable bonds is 3. The second-order valence-electron chi connectivity index (χ2n) is 7.01. The molecule has 1 amide bonds. The van der Waals surface area contributed by atoms with Gasteiger partial charge in [0.25, 0.3) is 0 Å². The van der Waals surface area contributed by atoms with Crippen LogP contribution in [0.4, 0.5) is 5.69 Å². The molecule has 6 nitrogen and oxygen atoms in total.